The summed E-state index contributed by atoms with van der Waals surface area (Å²) in [7, 11) is 0. The Balaban J connectivity index is 2.27. The van der Waals surface area contributed by atoms with Gasteiger partial charge in [-0.15, -0.1) is 0 Å². The third-order valence-electron chi connectivity index (χ3n) is 2.58. The van der Waals surface area contributed by atoms with E-state index in [1.54, 1.807) is 0 Å². The van der Waals surface area contributed by atoms with E-state index in [-0.39, 0.29) is 0 Å². The monoisotopic (exact) mass is 242 g/mol. The second-order valence-electron chi connectivity index (χ2n) is 3.43. The number of aromatic nitrogens is 2. The summed E-state index contributed by atoms with van der Waals surface area (Å²) in [6.07, 6.45) is 5.74. The zero-order chi connectivity index (χ0) is 9.26. The van der Waals surface area contributed by atoms with E-state index < -0.39 is 0 Å². The number of carbonyl (C=O) groups excluding carboxylic acids is 1. The van der Waals surface area contributed by atoms with Gasteiger partial charge in [-0.25, -0.2) is 4.98 Å². The lowest BCUT2D eigenvalue weighted by Crippen LogP contribution is -1.93. The van der Waals surface area contributed by atoms with Crippen LogP contribution < -0.4 is 0 Å². The van der Waals surface area contributed by atoms with E-state index in [2.05, 4.69) is 25.9 Å². The summed E-state index contributed by atoms with van der Waals surface area (Å²) in [6.45, 7) is 0. The molecule has 1 saturated carbocycles. The van der Waals surface area contributed by atoms with Crippen molar-refractivity contribution in [3.8, 4) is 0 Å². The second-order valence-corrected chi connectivity index (χ2v) is 4.18. The molecule has 4 heteroatoms. The molecule has 2 rings (SSSR count). The van der Waals surface area contributed by atoms with Gasteiger partial charge in [0.05, 0.1) is 5.69 Å². The number of nitrogens with zero attached hydrogens (tertiary/aromatic N) is 1. The van der Waals surface area contributed by atoms with Crippen LogP contribution in [-0.2, 0) is 0 Å². The summed E-state index contributed by atoms with van der Waals surface area (Å²) >= 11 is 3.37. The number of aldehydes is 1. The first-order valence-corrected chi connectivity index (χ1v) is 5.31. The number of halogens is 1. The lowest BCUT2D eigenvalue weighted by Gasteiger charge is -2.05. The van der Waals surface area contributed by atoms with Crippen LogP contribution in [-0.4, -0.2) is 16.3 Å². The molecule has 0 radical (unpaired) electrons. The number of imidazole rings is 1. The molecule has 0 spiro atoms. The molecule has 0 bridgehead atoms. The molecule has 0 unspecified atom stereocenters. The first-order valence-electron chi connectivity index (χ1n) is 4.52. The normalized spacial score (nSPS) is 17.9. The van der Waals surface area contributed by atoms with E-state index in [0.717, 1.165) is 16.6 Å². The van der Waals surface area contributed by atoms with Gasteiger partial charge in [-0.05, 0) is 28.8 Å². The number of aromatic amines is 1. The zero-order valence-electron chi connectivity index (χ0n) is 7.22. The molecular formula is C9H11BrN2O. The summed E-state index contributed by atoms with van der Waals surface area (Å²) < 4.78 is 0.807. The summed E-state index contributed by atoms with van der Waals surface area (Å²) in [5.74, 6) is 0.990. The van der Waals surface area contributed by atoms with Crippen molar-refractivity contribution in [3.05, 3.63) is 16.1 Å². The van der Waals surface area contributed by atoms with Gasteiger partial charge >= 0.3 is 0 Å². The van der Waals surface area contributed by atoms with Gasteiger partial charge in [0.1, 0.15) is 4.60 Å². The van der Waals surface area contributed by atoms with Gasteiger partial charge in [0.15, 0.2) is 12.1 Å². The number of rotatable bonds is 2. The van der Waals surface area contributed by atoms with Crippen LogP contribution in [0.3, 0.4) is 0 Å². The van der Waals surface area contributed by atoms with E-state index in [0.29, 0.717) is 11.7 Å². The average Bonchev–Trinajstić information content (AvgIpc) is 2.72. The van der Waals surface area contributed by atoms with Crippen molar-refractivity contribution in [2.75, 3.05) is 0 Å². The van der Waals surface area contributed by atoms with Gasteiger partial charge in [-0.3, -0.25) is 4.79 Å². The molecular weight excluding hydrogens is 232 g/mol. The van der Waals surface area contributed by atoms with Crippen molar-refractivity contribution >= 4 is 22.2 Å². The molecule has 1 fully saturated rings. The molecule has 0 atom stereocenters. The molecule has 1 aliphatic rings. The van der Waals surface area contributed by atoms with Crippen molar-refractivity contribution in [1.82, 2.24) is 9.97 Å². The highest BCUT2D eigenvalue weighted by Crippen LogP contribution is 2.36. The van der Waals surface area contributed by atoms with Crippen LogP contribution >= 0.6 is 15.9 Å². The first-order chi connectivity index (χ1) is 6.31. The van der Waals surface area contributed by atoms with Crippen LogP contribution in [0.5, 0.6) is 0 Å². The number of hydrogen-bond acceptors (Lipinski definition) is 2. The van der Waals surface area contributed by atoms with Gasteiger partial charge in [0.2, 0.25) is 0 Å². The maximum atomic E-state index is 10.5. The predicted octanol–water partition coefficient (Wildman–Crippen LogP) is 2.64. The fourth-order valence-electron chi connectivity index (χ4n) is 1.92. The Morgan fingerprint density at radius 1 is 1.46 bits per heavy atom. The van der Waals surface area contributed by atoms with Crippen LogP contribution in [0.4, 0.5) is 0 Å². The van der Waals surface area contributed by atoms with E-state index in [1.807, 2.05) is 0 Å². The third-order valence-corrected chi connectivity index (χ3v) is 3.18. The number of hydrogen-bond donors (Lipinski definition) is 1. The average molecular weight is 243 g/mol. The minimum absolute atomic E-state index is 0.425. The molecule has 1 aliphatic carbocycles. The molecule has 1 N–H and O–H groups in total. The fraction of sp³-hybridized carbons (Fsp3) is 0.556. The van der Waals surface area contributed by atoms with Crippen molar-refractivity contribution < 1.29 is 4.79 Å². The second kappa shape index (κ2) is 3.62. The third kappa shape index (κ3) is 1.68. The molecule has 1 aromatic rings. The van der Waals surface area contributed by atoms with Crippen LogP contribution in [0.2, 0.25) is 0 Å². The topological polar surface area (TPSA) is 45.8 Å². The Bertz CT molecular complexity index is 315. The Hall–Kier alpha value is -0.640. The Labute approximate surface area is 85.1 Å². The summed E-state index contributed by atoms with van der Waals surface area (Å²) in [4.78, 5) is 17.6. The lowest BCUT2D eigenvalue weighted by atomic mass is 10.1. The summed E-state index contributed by atoms with van der Waals surface area (Å²) in [6, 6.07) is 0. The predicted molar refractivity (Wildman–Crippen MR) is 52.9 cm³/mol. The van der Waals surface area contributed by atoms with Gasteiger partial charge in [0.25, 0.3) is 0 Å². The molecule has 0 aromatic carbocycles. The SMILES string of the molecule is O=Cc1nc(Br)c(C2CCCC2)[nH]1. The maximum Gasteiger partial charge on any atom is 0.185 e. The highest BCUT2D eigenvalue weighted by molar-refractivity contribution is 9.10. The summed E-state index contributed by atoms with van der Waals surface area (Å²) in [5, 5.41) is 0. The minimum Gasteiger partial charge on any atom is -0.338 e. The summed E-state index contributed by atoms with van der Waals surface area (Å²) in [5.41, 5.74) is 1.10. The van der Waals surface area contributed by atoms with Crippen LogP contribution in [0, 0.1) is 0 Å². The molecule has 13 heavy (non-hydrogen) atoms. The number of H-pyrrole nitrogens is 1. The van der Waals surface area contributed by atoms with Crippen molar-refractivity contribution in [2.45, 2.75) is 31.6 Å². The Kier molecular flexibility index (Phi) is 2.49. The smallest absolute Gasteiger partial charge is 0.185 e. The molecule has 0 saturated heterocycles. The van der Waals surface area contributed by atoms with E-state index in [4.69, 9.17) is 0 Å². The largest absolute Gasteiger partial charge is 0.338 e. The molecule has 1 heterocycles. The fourth-order valence-corrected chi connectivity index (χ4v) is 2.54. The van der Waals surface area contributed by atoms with Crippen LogP contribution in [0.15, 0.2) is 4.60 Å². The maximum absolute atomic E-state index is 10.5. The molecule has 70 valence electrons. The van der Waals surface area contributed by atoms with Crippen molar-refractivity contribution in [1.29, 1.82) is 0 Å². The Morgan fingerprint density at radius 2 is 2.15 bits per heavy atom. The van der Waals surface area contributed by atoms with Gasteiger partial charge in [-0.1, -0.05) is 12.8 Å². The van der Waals surface area contributed by atoms with Gasteiger partial charge in [-0.2, -0.15) is 0 Å². The van der Waals surface area contributed by atoms with E-state index >= 15 is 0 Å². The van der Waals surface area contributed by atoms with Crippen molar-refractivity contribution in [2.24, 2.45) is 0 Å². The van der Waals surface area contributed by atoms with Crippen LogP contribution in [0.1, 0.15) is 47.9 Å². The van der Waals surface area contributed by atoms with Crippen LogP contribution in [0.25, 0.3) is 0 Å². The van der Waals surface area contributed by atoms with E-state index in [9.17, 15) is 4.79 Å². The highest BCUT2D eigenvalue weighted by atomic mass is 79.9. The van der Waals surface area contributed by atoms with Crippen molar-refractivity contribution in [3.63, 3.8) is 0 Å². The Morgan fingerprint density at radius 3 is 2.69 bits per heavy atom. The first kappa shape index (κ1) is 8.94. The minimum atomic E-state index is 0.425. The number of carbonyl (C=O) groups is 1. The lowest BCUT2D eigenvalue weighted by molar-refractivity contribution is 0.111. The van der Waals surface area contributed by atoms with Gasteiger partial charge < -0.3 is 4.98 Å². The van der Waals surface area contributed by atoms with Gasteiger partial charge in [0, 0.05) is 5.92 Å². The number of nitrogens with one attached hydrogen (secondary N) is 1. The zero-order valence-corrected chi connectivity index (χ0v) is 8.80. The highest BCUT2D eigenvalue weighted by Gasteiger charge is 2.21. The molecule has 0 amide bonds. The standard InChI is InChI=1S/C9H11BrN2O/c10-9-8(6-3-1-2-4-6)11-7(5-13)12-9/h5-6H,1-4H2,(H,11,12). The quantitative estimate of drug-likeness (QED) is 0.811. The molecule has 1 aromatic heterocycles. The van der Waals surface area contributed by atoms with E-state index in [1.165, 1.54) is 25.7 Å². The molecule has 3 nitrogen and oxygen atoms in total. The molecule has 0 aliphatic heterocycles.